The number of fused-ring (bicyclic) bond motifs is 2. The molecule has 4 N–H and O–H groups in total. The summed E-state index contributed by atoms with van der Waals surface area (Å²) in [7, 11) is 0. The second-order valence-electron chi connectivity index (χ2n) is 5.84. The number of piperazine rings is 1. The highest BCUT2D eigenvalue weighted by Crippen LogP contribution is 2.38. The van der Waals surface area contributed by atoms with Crippen molar-refractivity contribution >= 4 is 6.41 Å². The average Bonchev–Trinajstić information content (AvgIpc) is 2.58. The SMILES string of the molecule is CC(C)C1NCC2CCC1(C(C)C)N2.NC=O. The van der Waals surface area contributed by atoms with Crippen molar-refractivity contribution in [1.82, 2.24) is 10.6 Å². The number of nitrogens with two attached hydrogens (primary N) is 1. The molecule has 100 valence electrons. The summed E-state index contributed by atoms with van der Waals surface area (Å²) in [5, 5.41) is 7.61. The lowest BCUT2D eigenvalue weighted by Gasteiger charge is -2.47. The van der Waals surface area contributed by atoms with Crippen LogP contribution in [0, 0.1) is 11.8 Å². The molecule has 0 radical (unpaired) electrons. The molecule has 3 unspecified atom stereocenters. The lowest BCUT2D eigenvalue weighted by molar-refractivity contribution is -0.106. The fourth-order valence-corrected chi connectivity index (χ4v) is 3.43. The average molecular weight is 241 g/mol. The van der Waals surface area contributed by atoms with Crippen molar-refractivity contribution in [3.8, 4) is 0 Å². The van der Waals surface area contributed by atoms with Gasteiger partial charge >= 0.3 is 0 Å². The van der Waals surface area contributed by atoms with E-state index in [0.29, 0.717) is 11.6 Å². The Hall–Kier alpha value is -0.610. The number of primary amides is 1. The van der Waals surface area contributed by atoms with Crippen molar-refractivity contribution in [2.24, 2.45) is 17.6 Å². The van der Waals surface area contributed by atoms with Crippen LogP contribution in [0.1, 0.15) is 40.5 Å². The molecular weight excluding hydrogens is 214 g/mol. The Labute approximate surface area is 105 Å². The third-order valence-corrected chi connectivity index (χ3v) is 4.22. The molecule has 0 aromatic carbocycles. The lowest BCUT2D eigenvalue weighted by atomic mass is 9.74. The topological polar surface area (TPSA) is 67.2 Å². The number of amides is 1. The fraction of sp³-hybridized carbons (Fsp3) is 0.923. The molecule has 2 heterocycles. The monoisotopic (exact) mass is 241 g/mol. The minimum absolute atomic E-state index is 0.250. The molecule has 3 atom stereocenters. The normalized spacial score (nSPS) is 35.6. The minimum atomic E-state index is 0.250. The molecule has 2 aliphatic heterocycles. The van der Waals surface area contributed by atoms with Gasteiger partial charge in [-0.1, -0.05) is 27.7 Å². The van der Waals surface area contributed by atoms with Gasteiger partial charge in [-0.15, -0.1) is 0 Å². The molecule has 4 nitrogen and oxygen atoms in total. The van der Waals surface area contributed by atoms with E-state index in [4.69, 9.17) is 4.79 Å². The second-order valence-corrected chi connectivity index (χ2v) is 5.84. The highest BCUT2D eigenvalue weighted by atomic mass is 16.1. The van der Waals surface area contributed by atoms with Crippen LogP contribution in [-0.4, -0.2) is 30.6 Å². The summed E-state index contributed by atoms with van der Waals surface area (Å²) < 4.78 is 0. The van der Waals surface area contributed by atoms with Gasteiger partial charge in [-0.2, -0.15) is 0 Å². The number of nitrogens with one attached hydrogen (secondary N) is 2. The molecular formula is C13H27N3O. The Kier molecular flexibility index (Phi) is 4.95. The van der Waals surface area contributed by atoms with Gasteiger partial charge in [-0.3, -0.25) is 4.79 Å². The van der Waals surface area contributed by atoms with E-state index < -0.39 is 0 Å². The smallest absolute Gasteiger partial charge is 0.204 e. The Morgan fingerprint density at radius 3 is 2.41 bits per heavy atom. The first-order valence-corrected chi connectivity index (χ1v) is 6.64. The van der Waals surface area contributed by atoms with Crippen molar-refractivity contribution in [2.45, 2.75) is 58.2 Å². The maximum absolute atomic E-state index is 8.58. The Morgan fingerprint density at radius 2 is 1.94 bits per heavy atom. The molecule has 0 aromatic heterocycles. The van der Waals surface area contributed by atoms with Crippen LogP contribution in [0.15, 0.2) is 0 Å². The maximum atomic E-state index is 8.58. The first-order valence-electron chi connectivity index (χ1n) is 6.64. The highest BCUT2D eigenvalue weighted by molar-refractivity contribution is 5.42. The zero-order valence-corrected chi connectivity index (χ0v) is 11.5. The van der Waals surface area contributed by atoms with Gasteiger partial charge in [0.1, 0.15) is 0 Å². The summed E-state index contributed by atoms with van der Waals surface area (Å²) in [6, 6.07) is 1.38. The zero-order valence-electron chi connectivity index (χ0n) is 11.5. The van der Waals surface area contributed by atoms with Gasteiger partial charge in [-0.05, 0) is 24.7 Å². The minimum Gasteiger partial charge on any atom is -0.372 e. The molecule has 0 aliphatic carbocycles. The Balaban J connectivity index is 0.000000437. The van der Waals surface area contributed by atoms with Crippen molar-refractivity contribution in [3.05, 3.63) is 0 Å². The fourth-order valence-electron chi connectivity index (χ4n) is 3.43. The predicted molar refractivity (Wildman–Crippen MR) is 70.6 cm³/mol. The van der Waals surface area contributed by atoms with E-state index in [9.17, 15) is 0 Å². The maximum Gasteiger partial charge on any atom is 0.204 e. The molecule has 17 heavy (non-hydrogen) atoms. The van der Waals surface area contributed by atoms with Gasteiger partial charge in [0.25, 0.3) is 0 Å². The molecule has 2 saturated heterocycles. The van der Waals surface area contributed by atoms with E-state index >= 15 is 0 Å². The quantitative estimate of drug-likeness (QED) is 0.628. The molecule has 0 aromatic rings. The number of hydrogen-bond acceptors (Lipinski definition) is 3. The number of carbonyl (C=O) groups excluding carboxylic acids is 1. The summed E-state index contributed by atoms with van der Waals surface area (Å²) in [4.78, 5) is 8.58. The molecule has 0 saturated carbocycles. The van der Waals surface area contributed by atoms with Crippen LogP contribution < -0.4 is 16.4 Å². The summed E-state index contributed by atoms with van der Waals surface area (Å²) in [5.41, 5.74) is 4.54. The van der Waals surface area contributed by atoms with Gasteiger partial charge in [0.2, 0.25) is 6.41 Å². The number of carbonyl (C=O) groups is 1. The third-order valence-electron chi connectivity index (χ3n) is 4.22. The summed E-state index contributed by atoms with van der Waals surface area (Å²) >= 11 is 0. The van der Waals surface area contributed by atoms with Crippen LogP contribution in [-0.2, 0) is 4.79 Å². The summed E-state index contributed by atoms with van der Waals surface area (Å²) in [6.07, 6.45) is 2.96. The van der Waals surface area contributed by atoms with Crippen molar-refractivity contribution in [3.63, 3.8) is 0 Å². The molecule has 0 spiro atoms. The first kappa shape index (κ1) is 14.5. The molecule has 1 amide bonds. The Bertz CT molecular complexity index is 253. The number of hydrogen-bond donors (Lipinski definition) is 3. The largest absolute Gasteiger partial charge is 0.372 e. The summed E-state index contributed by atoms with van der Waals surface area (Å²) in [5.74, 6) is 1.46. The standard InChI is InChI=1S/C12H24N2.CH3NO/c1-8(2)11-12(9(3)4)6-5-10(14-12)7-13-11;2-1-3/h8-11,13-14H,5-7H2,1-4H3;1H,(H2,2,3). The van der Waals surface area contributed by atoms with E-state index in [0.717, 1.165) is 24.4 Å². The van der Waals surface area contributed by atoms with Gasteiger partial charge in [0.05, 0.1) is 0 Å². The Morgan fingerprint density at radius 1 is 1.35 bits per heavy atom. The molecule has 2 bridgehead atoms. The van der Waals surface area contributed by atoms with E-state index in [1.165, 1.54) is 12.8 Å². The van der Waals surface area contributed by atoms with Gasteiger partial charge in [-0.25, -0.2) is 0 Å². The predicted octanol–water partition coefficient (Wildman–Crippen LogP) is 0.863. The van der Waals surface area contributed by atoms with Crippen LogP contribution in [0.5, 0.6) is 0 Å². The van der Waals surface area contributed by atoms with Crippen molar-refractivity contribution in [2.75, 3.05) is 6.54 Å². The van der Waals surface area contributed by atoms with Crippen LogP contribution in [0.2, 0.25) is 0 Å². The molecule has 2 rings (SSSR count). The van der Waals surface area contributed by atoms with E-state index in [-0.39, 0.29) is 6.41 Å². The van der Waals surface area contributed by atoms with Crippen LogP contribution >= 0.6 is 0 Å². The van der Waals surface area contributed by atoms with Crippen LogP contribution in [0.3, 0.4) is 0 Å². The van der Waals surface area contributed by atoms with Crippen molar-refractivity contribution < 1.29 is 4.79 Å². The molecule has 4 heteroatoms. The van der Waals surface area contributed by atoms with Crippen LogP contribution in [0.25, 0.3) is 0 Å². The van der Waals surface area contributed by atoms with Gasteiger partial charge in [0.15, 0.2) is 0 Å². The second kappa shape index (κ2) is 5.83. The van der Waals surface area contributed by atoms with E-state index in [2.05, 4.69) is 44.1 Å². The van der Waals surface area contributed by atoms with Crippen LogP contribution in [0.4, 0.5) is 0 Å². The number of rotatable bonds is 2. The highest BCUT2D eigenvalue weighted by Gasteiger charge is 2.50. The first-order chi connectivity index (χ1) is 7.97. The zero-order chi connectivity index (χ0) is 13.1. The molecule has 2 aliphatic rings. The lowest BCUT2D eigenvalue weighted by Crippen LogP contribution is -2.68. The van der Waals surface area contributed by atoms with Gasteiger partial charge in [0, 0.05) is 24.2 Å². The van der Waals surface area contributed by atoms with Crippen molar-refractivity contribution in [1.29, 1.82) is 0 Å². The van der Waals surface area contributed by atoms with Gasteiger partial charge < -0.3 is 16.4 Å². The summed E-state index contributed by atoms with van der Waals surface area (Å²) in [6.45, 7) is 10.6. The van der Waals surface area contributed by atoms with E-state index in [1.54, 1.807) is 0 Å². The van der Waals surface area contributed by atoms with E-state index in [1.807, 2.05) is 0 Å². The molecule has 2 fully saturated rings. The third kappa shape index (κ3) is 2.80.